The average Bonchev–Trinajstić information content (AvgIpc) is 3.05. The molecule has 1 aromatic heterocycles. The summed E-state index contributed by atoms with van der Waals surface area (Å²) in [5.41, 5.74) is 1.19. The molecule has 3 rings (SSSR count). The Morgan fingerprint density at radius 1 is 1.28 bits per heavy atom. The van der Waals surface area contributed by atoms with Gasteiger partial charge in [-0.1, -0.05) is 26.0 Å². The lowest BCUT2D eigenvalue weighted by Gasteiger charge is -2.40. The molecule has 0 spiro atoms. The minimum absolute atomic E-state index is 0.120. The van der Waals surface area contributed by atoms with Crippen molar-refractivity contribution >= 4 is 29.0 Å². The summed E-state index contributed by atoms with van der Waals surface area (Å²) in [4.78, 5) is 27.7. The first kappa shape index (κ1) is 17.5. The molecule has 6 heteroatoms. The van der Waals surface area contributed by atoms with Crippen LogP contribution in [-0.4, -0.2) is 29.9 Å². The number of likely N-dealkylation sites (tertiary alicyclic amines) is 1. The van der Waals surface area contributed by atoms with E-state index in [-0.39, 0.29) is 18.0 Å². The SMILES string of the molecule is CC(C)CNC(=O)c1cccc(NC(=O)N2CCC2c2cccs2)c1. The summed E-state index contributed by atoms with van der Waals surface area (Å²) < 4.78 is 0. The van der Waals surface area contributed by atoms with Crippen molar-refractivity contribution in [2.45, 2.75) is 26.3 Å². The number of amides is 3. The first-order valence-corrected chi connectivity index (χ1v) is 9.42. The third-order valence-corrected chi connectivity index (χ3v) is 5.17. The molecule has 3 amide bonds. The highest BCUT2D eigenvalue weighted by molar-refractivity contribution is 7.10. The molecule has 1 saturated heterocycles. The van der Waals surface area contributed by atoms with Gasteiger partial charge in [0.1, 0.15) is 0 Å². The summed E-state index contributed by atoms with van der Waals surface area (Å²) in [6, 6.07) is 11.2. The monoisotopic (exact) mass is 357 g/mol. The minimum Gasteiger partial charge on any atom is -0.352 e. The molecule has 2 aromatic rings. The Kier molecular flexibility index (Phi) is 5.38. The zero-order valence-electron chi connectivity index (χ0n) is 14.5. The van der Waals surface area contributed by atoms with Crippen molar-refractivity contribution in [2.24, 2.45) is 5.92 Å². The van der Waals surface area contributed by atoms with Crippen LogP contribution in [0.1, 0.15) is 41.5 Å². The maximum atomic E-state index is 12.5. The van der Waals surface area contributed by atoms with E-state index in [4.69, 9.17) is 0 Å². The van der Waals surface area contributed by atoms with Crippen molar-refractivity contribution < 1.29 is 9.59 Å². The maximum absolute atomic E-state index is 12.5. The normalized spacial score (nSPS) is 16.4. The Balaban J connectivity index is 1.62. The average molecular weight is 357 g/mol. The van der Waals surface area contributed by atoms with Crippen LogP contribution in [0.2, 0.25) is 0 Å². The van der Waals surface area contributed by atoms with E-state index in [2.05, 4.69) is 16.7 Å². The van der Waals surface area contributed by atoms with E-state index < -0.39 is 0 Å². The largest absolute Gasteiger partial charge is 0.352 e. The van der Waals surface area contributed by atoms with Gasteiger partial charge in [0.25, 0.3) is 5.91 Å². The summed E-state index contributed by atoms with van der Waals surface area (Å²) in [5.74, 6) is 0.276. The number of nitrogens with zero attached hydrogens (tertiary/aromatic N) is 1. The molecule has 1 aliphatic heterocycles. The van der Waals surface area contributed by atoms with Crippen molar-refractivity contribution in [3.63, 3.8) is 0 Å². The highest BCUT2D eigenvalue weighted by Crippen LogP contribution is 2.36. The fraction of sp³-hybridized carbons (Fsp3) is 0.368. The molecule has 0 aliphatic carbocycles. The highest BCUT2D eigenvalue weighted by atomic mass is 32.1. The molecule has 1 atom stereocenters. The minimum atomic E-state index is -0.121. The molecule has 0 saturated carbocycles. The Labute approximate surface area is 152 Å². The van der Waals surface area contributed by atoms with E-state index >= 15 is 0 Å². The second-order valence-electron chi connectivity index (χ2n) is 6.63. The molecule has 1 aliphatic rings. The molecule has 5 nitrogen and oxygen atoms in total. The smallest absolute Gasteiger partial charge is 0.322 e. The number of hydrogen-bond acceptors (Lipinski definition) is 3. The lowest BCUT2D eigenvalue weighted by atomic mass is 10.0. The number of urea groups is 1. The van der Waals surface area contributed by atoms with Crippen LogP contribution in [0, 0.1) is 5.92 Å². The zero-order valence-corrected chi connectivity index (χ0v) is 15.3. The van der Waals surface area contributed by atoms with Gasteiger partial charge in [-0.15, -0.1) is 11.3 Å². The third-order valence-electron chi connectivity index (χ3n) is 4.20. The number of carbonyl (C=O) groups is 2. The highest BCUT2D eigenvalue weighted by Gasteiger charge is 2.34. The summed E-state index contributed by atoms with van der Waals surface area (Å²) in [6.07, 6.45) is 0.992. The molecular weight excluding hydrogens is 334 g/mol. The second kappa shape index (κ2) is 7.70. The van der Waals surface area contributed by atoms with Crippen LogP contribution in [0.25, 0.3) is 0 Å². The van der Waals surface area contributed by atoms with Gasteiger partial charge in [0.05, 0.1) is 6.04 Å². The molecule has 132 valence electrons. The van der Waals surface area contributed by atoms with Gasteiger partial charge in [-0.2, -0.15) is 0 Å². The summed E-state index contributed by atoms with van der Waals surface area (Å²) in [7, 11) is 0. The van der Waals surface area contributed by atoms with Gasteiger partial charge in [0.2, 0.25) is 0 Å². The second-order valence-corrected chi connectivity index (χ2v) is 7.61. The third kappa shape index (κ3) is 4.20. The number of rotatable bonds is 5. The van der Waals surface area contributed by atoms with Crippen molar-refractivity contribution in [1.29, 1.82) is 0 Å². The van der Waals surface area contributed by atoms with Gasteiger partial charge in [0.15, 0.2) is 0 Å². The molecular formula is C19H23N3O2S. The topological polar surface area (TPSA) is 61.4 Å². The number of anilines is 1. The molecule has 1 aromatic carbocycles. The number of thiophene rings is 1. The Hall–Kier alpha value is -2.34. The molecule has 1 fully saturated rings. The fourth-order valence-corrected chi connectivity index (χ4v) is 3.61. The molecule has 2 heterocycles. The molecule has 0 bridgehead atoms. The van der Waals surface area contributed by atoms with Crippen LogP contribution in [0.3, 0.4) is 0 Å². The molecule has 2 N–H and O–H groups in total. The first-order valence-electron chi connectivity index (χ1n) is 8.54. The fourth-order valence-electron chi connectivity index (χ4n) is 2.74. The van der Waals surface area contributed by atoms with Gasteiger partial charge in [-0.25, -0.2) is 4.79 Å². The van der Waals surface area contributed by atoms with E-state index in [0.29, 0.717) is 23.7 Å². The van der Waals surface area contributed by atoms with E-state index in [0.717, 1.165) is 13.0 Å². The lowest BCUT2D eigenvalue weighted by Crippen LogP contribution is -2.46. The standard InChI is InChI=1S/C19H23N3O2S/c1-13(2)12-20-18(23)14-5-3-6-15(11-14)21-19(24)22-9-8-16(22)17-7-4-10-25-17/h3-7,10-11,13,16H,8-9,12H2,1-2H3,(H,20,23)(H,21,24). The van der Waals surface area contributed by atoms with Gasteiger partial charge in [0, 0.05) is 29.2 Å². The summed E-state index contributed by atoms with van der Waals surface area (Å²) >= 11 is 1.67. The number of nitrogens with one attached hydrogen (secondary N) is 2. The van der Waals surface area contributed by atoms with Gasteiger partial charge >= 0.3 is 6.03 Å². The first-order chi connectivity index (χ1) is 12.0. The predicted octanol–water partition coefficient (Wildman–Crippen LogP) is 4.11. The Morgan fingerprint density at radius 3 is 2.76 bits per heavy atom. The summed E-state index contributed by atoms with van der Waals surface area (Å²) in [6.45, 7) is 5.48. The quantitative estimate of drug-likeness (QED) is 0.846. The van der Waals surface area contributed by atoms with Crippen LogP contribution < -0.4 is 10.6 Å². The van der Waals surface area contributed by atoms with Crippen molar-refractivity contribution in [1.82, 2.24) is 10.2 Å². The summed E-state index contributed by atoms with van der Waals surface area (Å²) in [5, 5.41) is 7.83. The van der Waals surface area contributed by atoms with Gasteiger partial charge in [-0.3, -0.25) is 4.79 Å². The van der Waals surface area contributed by atoms with Crippen LogP contribution >= 0.6 is 11.3 Å². The van der Waals surface area contributed by atoms with Crippen LogP contribution in [0.4, 0.5) is 10.5 Å². The van der Waals surface area contributed by atoms with Crippen LogP contribution in [-0.2, 0) is 0 Å². The van der Waals surface area contributed by atoms with E-state index in [1.165, 1.54) is 4.88 Å². The van der Waals surface area contributed by atoms with Crippen molar-refractivity contribution in [3.8, 4) is 0 Å². The van der Waals surface area contributed by atoms with E-state index in [1.54, 1.807) is 35.6 Å². The van der Waals surface area contributed by atoms with Crippen molar-refractivity contribution in [3.05, 3.63) is 52.2 Å². The van der Waals surface area contributed by atoms with Crippen molar-refractivity contribution in [2.75, 3.05) is 18.4 Å². The molecule has 25 heavy (non-hydrogen) atoms. The van der Waals surface area contributed by atoms with Gasteiger partial charge in [-0.05, 0) is 42.0 Å². The lowest BCUT2D eigenvalue weighted by molar-refractivity contribution is 0.0949. The number of carbonyl (C=O) groups excluding carboxylic acids is 2. The molecule has 0 radical (unpaired) electrons. The number of hydrogen-bond donors (Lipinski definition) is 2. The number of benzene rings is 1. The zero-order chi connectivity index (χ0) is 17.8. The Morgan fingerprint density at radius 2 is 2.12 bits per heavy atom. The van der Waals surface area contributed by atoms with Gasteiger partial charge < -0.3 is 15.5 Å². The van der Waals surface area contributed by atoms with Crippen LogP contribution in [0.5, 0.6) is 0 Å². The van der Waals surface area contributed by atoms with E-state index in [1.807, 2.05) is 30.2 Å². The van der Waals surface area contributed by atoms with E-state index in [9.17, 15) is 9.59 Å². The maximum Gasteiger partial charge on any atom is 0.322 e. The molecule has 1 unspecified atom stereocenters. The predicted molar refractivity (Wildman–Crippen MR) is 101 cm³/mol. The van der Waals surface area contributed by atoms with Crippen LogP contribution in [0.15, 0.2) is 41.8 Å². The Bertz CT molecular complexity index is 743.